The maximum absolute atomic E-state index is 12.1. The van der Waals surface area contributed by atoms with Crippen molar-refractivity contribution in [3.8, 4) is 17.2 Å². The molecule has 0 aliphatic carbocycles. The van der Waals surface area contributed by atoms with Gasteiger partial charge < -0.3 is 14.5 Å². The Bertz CT molecular complexity index is 828. The van der Waals surface area contributed by atoms with E-state index in [2.05, 4.69) is 34.6 Å². The van der Waals surface area contributed by atoms with Crippen LogP contribution in [0.5, 0.6) is 5.75 Å². The van der Waals surface area contributed by atoms with Crippen molar-refractivity contribution < 1.29 is 13.9 Å². The number of aromatic nitrogens is 2. The summed E-state index contributed by atoms with van der Waals surface area (Å²) in [6.45, 7) is 4.03. The first-order valence-electron chi connectivity index (χ1n) is 8.53. The summed E-state index contributed by atoms with van der Waals surface area (Å²) >= 11 is 0. The van der Waals surface area contributed by atoms with Crippen molar-refractivity contribution in [2.45, 2.75) is 26.3 Å². The van der Waals surface area contributed by atoms with E-state index in [4.69, 9.17) is 9.15 Å². The average Bonchev–Trinajstić information content (AvgIpc) is 3.21. The standard InChI is InChI=1S/C20H21N3O3/c1-3-15-4-6-16(7-5-15)14(2)22-19(24)12-25-18-10-8-17(9-11-18)20-23-21-13-26-20/h4-11,13-14H,3,12H2,1-2H3,(H,22,24). The molecule has 1 atom stereocenters. The van der Waals surface area contributed by atoms with Crippen LogP contribution in [0.4, 0.5) is 0 Å². The van der Waals surface area contributed by atoms with E-state index < -0.39 is 0 Å². The predicted molar refractivity (Wildman–Crippen MR) is 97.6 cm³/mol. The highest BCUT2D eigenvalue weighted by Crippen LogP contribution is 2.20. The van der Waals surface area contributed by atoms with Crippen LogP contribution in [-0.2, 0) is 11.2 Å². The number of hydrogen-bond donors (Lipinski definition) is 1. The first kappa shape index (κ1) is 17.7. The molecule has 0 saturated carbocycles. The zero-order valence-corrected chi connectivity index (χ0v) is 14.8. The van der Waals surface area contributed by atoms with Gasteiger partial charge in [0.2, 0.25) is 12.3 Å². The molecule has 0 saturated heterocycles. The number of benzene rings is 2. The Morgan fingerprint density at radius 1 is 1.15 bits per heavy atom. The topological polar surface area (TPSA) is 77.2 Å². The number of rotatable bonds is 7. The highest BCUT2D eigenvalue weighted by Gasteiger charge is 2.10. The highest BCUT2D eigenvalue weighted by atomic mass is 16.5. The van der Waals surface area contributed by atoms with Gasteiger partial charge in [0.25, 0.3) is 5.91 Å². The minimum atomic E-state index is -0.168. The van der Waals surface area contributed by atoms with E-state index in [-0.39, 0.29) is 18.6 Å². The lowest BCUT2D eigenvalue weighted by Crippen LogP contribution is -2.31. The lowest BCUT2D eigenvalue weighted by molar-refractivity contribution is -0.123. The van der Waals surface area contributed by atoms with Gasteiger partial charge in [-0.15, -0.1) is 10.2 Å². The van der Waals surface area contributed by atoms with Gasteiger partial charge in [0.05, 0.1) is 6.04 Å². The number of nitrogens with one attached hydrogen (secondary N) is 1. The van der Waals surface area contributed by atoms with Crippen LogP contribution in [0.25, 0.3) is 11.5 Å². The Morgan fingerprint density at radius 3 is 2.50 bits per heavy atom. The predicted octanol–water partition coefficient (Wildman–Crippen LogP) is 3.56. The smallest absolute Gasteiger partial charge is 0.258 e. The molecule has 0 fully saturated rings. The van der Waals surface area contributed by atoms with E-state index >= 15 is 0 Å². The van der Waals surface area contributed by atoms with E-state index in [9.17, 15) is 4.79 Å². The van der Waals surface area contributed by atoms with Crippen molar-refractivity contribution in [1.82, 2.24) is 15.5 Å². The number of hydrogen-bond acceptors (Lipinski definition) is 5. The number of amides is 1. The fourth-order valence-corrected chi connectivity index (χ4v) is 2.55. The molecule has 2 aromatic carbocycles. The maximum atomic E-state index is 12.1. The molecule has 0 radical (unpaired) electrons. The first-order valence-corrected chi connectivity index (χ1v) is 8.53. The third-order valence-corrected chi connectivity index (χ3v) is 4.10. The molecular weight excluding hydrogens is 330 g/mol. The largest absolute Gasteiger partial charge is 0.484 e. The van der Waals surface area contributed by atoms with Crippen LogP contribution < -0.4 is 10.1 Å². The molecule has 0 aliphatic heterocycles. The van der Waals surface area contributed by atoms with Crippen LogP contribution >= 0.6 is 0 Å². The van der Waals surface area contributed by atoms with E-state index in [0.29, 0.717) is 11.6 Å². The second-order valence-electron chi connectivity index (χ2n) is 5.94. The molecule has 6 heteroatoms. The normalized spacial score (nSPS) is 11.8. The summed E-state index contributed by atoms with van der Waals surface area (Å²) in [7, 11) is 0. The fourth-order valence-electron chi connectivity index (χ4n) is 2.55. The molecule has 0 aliphatic rings. The number of nitrogens with zero attached hydrogens (tertiary/aromatic N) is 2. The zero-order valence-electron chi connectivity index (χ0n) is 14.8. The van der Waals surface area contributed by atoms with E-state index in [1.54, 1.807) is 24.3 Å². The van der Waals surface area contributed by atoms with Gasteiger partial charge in [-0.2, -0.15) is 0 Å². The minimum Gasteiger partial charge on any atom is -0.484 e. The van der Waals surface area contributed by atoms with Gasteiger partial charge in [-0.25, -0.2) is 0 Å². The molecule has 3 aromatic rings. The molecule has 6 nitrogen and oxygen atoms in total. The van der Waals surface area contributed by atoms with Crippen molar-refractivity contribution >= 4 is 5.91 Å². The lowest BCUT2D eigenvalue weighted by atomic mass is 10.1. The SMILES string of the molecule is CCc1ccc(C(C)NC(=O)COc2ccc(-c3nnco3)cc2)cc1. The first-order chi connectivity index (χ1) is 12.7. The Labute approximate surface area is 152 Å². The van der Waals surface area contributed by atoms with E-state index in [1.807, 2.05) is 19.1 Å². The molecule has 1 amide bonds. The van der Waals surface area contributed by atoms with Gasteiger partial charge in [-0.05, 0) is 48.7 Å². The Kier molecular flexibility index (Phi) is 5.63. The number of aryl methyl sites for hydroxylation is 1. The van der Waals surface area contributed by atoms with Crippen molar-refractivity contribution in [3.63, 3.8) is 0 Å². The molecule has 134 valence electrons. The van der Waals surface area contributed by atoms with Crippen LogP contribution in [0.3, 0.4) is 0 Å². The third kappa shape index (κ3) is 4.47. The van der Waals surface area contributed by atoms with Crippen LogP contribution in [-0.4, -0.2) is 22.7 Å². The summed E-state index contributed by atoms with van der Waals surface area (Å²) in [6.07, 6.45) is 2.28. The molecule has 3 rings (SSSR count). The Hall–Kier alpha value is -3.15. The molecule has 1 unspecified atom stereocenters. The molecule has 1 aromatic heterocycles. The highest BCUT2D eigenvalue weighted by molar-refractivity contribution is 5.78. The van der Waals surface area contributed by atoms with Gasteiger partial charge in [0.1, 0.15) is 5.75 Å². The van der Waals surface area contributed by atoms with Crippen LogP contribution in [0.2, 0.25) is 0 Å². The van der Waals surface area contributed by atoms with Gasteiger partial charge in [0, 0.05) is 5.56 Å². The van der Waals surface area contributed by atoms with Crippen LogP contribution in [0, 0.1) is 0 Å². The zero-order chi connectivity index (χ0) is 18.4. The van der Waals surface area contributed by atoms with Crippen LogP contribution in [0.15, 0.2) is 59.3 Å². The van der Waals surface area contributed by atoms with Gasteiger partial charge in [0.15, 0.2) is 6.61 Å². The Morgan fingerprint density at radius 2 is 1.88 bits per heavy atom. The molecule has 1 N–H and O–H groups in total. The van der Waals surface area contributed by atoms with Crippen molar-refractivity contribution in [2.24, 2.45) is 0 Å². The number of ether oxygens (including phenoxy) is 1. The monoisotopic (exact) mass is 351 g/mol. The quantitative estimate of drug-likeness (QED) is 0.704. The van der Waals surface area contributed by atoms with Crippen molar-refractivity contribution in [2.75, 3.05) is 6.61 Å². The third-order valence-electron chi connectivity index (χ3n) is 4.10. The second kappa shape index (κ2) is 8.29. The molecule has 0 spiro atoms. The molecule has 26 heavy (non-hydrogen) atoms. The van der Waals surface area contributed by atoms with E-state index in [1.165, 1.54) is 12.0 Å². The molecule has 0 bridgehead atoms. The van der Waals surface area contributed by atoms with Gasteiger partial charge in [-0.3, -0.25) is 4.79 Å². The minimum absolute atomic E-state index is 0.0444. The second-order valence-corrected chi connectivity index (χ2v) is 5.94. The van der Waals surface area contributed by atoms with E-state index in [0.717, 1.165) is 17.5 Å². The van der Waals surface area contributed by atoms with Gasteiger partial charge in [-0.1, -0.05) is 31.2 Å². The number of carbonyl (C=O) groups excluding carboxylic acids is 1. The summed E-state index contributed by atoms with van der Waals surface area (Å²) in [5.41, 5.74) is 3.14. The van der Waals surface area contributed by atoms with Crippen molar-refractivity contribution in [1.29, 1.82) is 0 Å². The number of carbonyl (C=O) groups is 1. The summed E-state index contributed by atoms with van der Waals surface area (Å²) in [5, 5.41) is 10.4. The summed E-state index contributed by atoms with van der Waals surface area (Å²) < 4.78 is 10.7. The van der Waals surface area contributed by atoms with Crippen LogP contribution in [0.1, 0.15) is 31.0 Å². The Balaban J connectivity index is 1.50. The summed E-state index contributed by atoms with van der Waals surface area (Å²) in [6, 6.07) is 15.3. The van der Waals surface area contributed by atoms with Crippen molar-refractivity contribution in [3.05, 3.63) is 66.1 Å². The maximum Gasteiger partial charge on any atom is 0.258 e. The average molecular weight is 351 g/mol. The van der Waals surface area contributed by atoms with Gasteiger partial charge >= 0.3 is 0 Å². The lowest BCUT2D eigenvalue weighted by Gasteiger charge is -2.15. The summed E-state index contributed by atoms with van der Waals surface area (Å²) in [4.78, 5) is 12.1. The molecular formula is C20H21N3O3. The summed E-state index contributed by atoms with van der Waals surface area (Å²) in [5.74, 6) is 0.874. The fraction of sp³-hybridized carbons (Fsp3) is 0.250. The molecule has 1 heterocycles.